The van der Waals surface area contributed by atoms with E-state index in [0.29, 0.717) is 31.7 Å². The molecule has 0 unspecified atom stereocenters. The molecule has 3 rings (SSSR count). The molecule has 1 aliphatic heterocycles. The molecule has 1 spiro atoms. The first kappa shape index (κ1) is 14.3. The Balaban J connectivity index is 1.60. The predicted molar refractivity (Wildman–Crippen MR) is 74.5 cm³/mol. The summed E-state index contributed by atoms with van der Waals surface area (Å²) < 4.78 is 31.9. The number of likely N-dealkylation sites (tertiary alicyclic amines) is 1. The Hall–Kier alpha value is -1.65. The number of hydrogen-bond donors (Lipinski definition) is 0. The maximum absolute atomic E-state index is 13.3. The van der Waals surface area contributed by atoms with Gasteiger partial charge in [0.05, 0.1) is 13.5 Å². The third-order valence-corrected chi connectivity index (χ3v) is 4.82. The maximum Gasteiger partial charge on any atom is 0.254 e. The molecular formula is C16H19F2NO2. The van der Waals surface area contributed by atoms with E-state index in [2.05, 4.69) is 0 Å². The summed E-state index contributed by atoms with van der Waals surface area (Å²) in [6, 6.07) is 7.39. The number of hydrogen-bond acceptors (Lipinski definition) is 2. The quantitative estimate of drug-likeness (QED) is 0.858. The van der Waals surface area contributed by atoms with E-state index in [0.717, 1.165) is 5.56 Å². The molecule has 21 heavy (non-hydrogen) atoms. The van der Waals surface area contributed by atoms with Crippen molar-refractivity contribution in [2.75, 3.05) is 20.2 Å². The van der Waals surface area contributed by atoms with Gasteiger partial charge >= 0.3 is 0 Å². The Morgan fingerprint density at radius 2 is 1.90 bits per heavy atom. The lowest BCUT2D eigenvalue weighted by atomic mass is 9.92. The first-order chi connectivity index (χ1) is 9.97. The first-order valence-corrected chi connectivity index (χ1v) is 7.25. The van der Waals surface area contributed by atoms with Crippen LogP contribution in [0.2, 0.25) is 0 Å². The van der Waals surface area contributed by atoms with Gasteiger partial charge in [-0.2, -0.15) is 0 Å². The minimum absolute atomic E-state index is 0.00542. The van der Waals surface area contributed by atoms with Crippen molar-refractivity contribution in [3.63, 3.8) is 0 Å². The number of carbonyl (C=O) groups excluding carboxylic acids is 1. The van der Waals surface area contributed by atoms with Gasteiger partial charge in [0.2, 0.25) is 5.91 Å². The number of nitrogens with zero attached hydrogens (tertiary/aromatic N) is 1. The van der Waals surface area contributed by atoms with Crippen molar-refractivity contribution in [3.8, 4) is 5.75 Å². The summed E-state index contributed by atoms with van der Waals surface area (Å²) >= 11 is 0. The molecule has 114 valence electrons. The van der Waals surface area contributed by atoms with Gasteiger partial charge in [0, 0.05) is 30.5 Å². The number of methoxy groups -OCH3 is 1. The zero-order valence-corrected chi connectivity index (χ0v) is 12.1. The zero-order valence-electron chi connectivity index (χ0n) is 12.1. The number of alkyl halides is 2. The van der Waals surface area contributed by atoms with Gasteiger partial charge in [-0.15, -0.1) is 0 Å². The third kappa shape index (κ3) is 2.49. The van der Waals surface area contributed by atoms with Crippen molar-refractivity contribution >= 4 is 5.91 Å². The smallest absolute Gasteiger partial charge is 0.254 e. The number of carbonyl (C=O) groups is 1. The average Bonchev–Trinajstić information content (AvgIpc) is 3.00. The highest BCUT2D eigenvalue weighted by molar-refractivity contribution is 5.79. The lowest BCUT2D eigenvalue weighted by Crippen LogP contribution is -2.41. The molecule has 0 aromatic heterocycles. The summed E-state index contributed by atoms with van der Waals surface area (Å²) in [7, 11) is 1.57. The van der Waals surface area contributed by atoms with Crippen LogP contribution in [0.1, 0.15) is 24.8 Å². The van der Waals surface area contributed by atoms with Crippen LogP contribution in [0.15, 0.2) is 24.3 Å². The van der Waals surface area contributed by atoms with E-state index in [1.54, 1.807) is 12.0 Å². The van der Waals surface area contributed by atoms with Crippen LogP contribution in [0.3, 0.4) is 0 Å². The van der Waals surface area contributed by atoms with Crippen LogP contribution in [-0.4, -0.2) is 36.9 Å². The molecule has 1 saturated carbocycles. The highest BCUT2D eigenvalue weighted by atomic mass is 19.3. The molecular weight excluding hydrogens is 276 g/mol. The summed E-state index contributed by atoms with van der Waals surface area (Å²) in [5.41, 5.74) is 0.0239. The van der Waals surface area contributed by atoms with E-state index in [9.17, 15) is 13.6 Å². The molecule has 2 aliphatic rings. The normalized spacial score (nSPS) is 22.1. The van der Waals surface area contributed by atoms with Crippen LogP contribution in [0.4, 0.5) is 8.78 Å². The third-order valence-electron chi connectivity index (χ3n) is 4.82. The molecule has 3 nitrogen and oxygen atoms in total. The summed E-state index contributed by atoms with van der Waals surface area (Å²) in [5.74, 6) is -1.84. The molecule has 5 heteroatoms. The molecule has 1 aromatic rings. The van der Waals surface area contributed by atoms with Crippen LogP contribution in [0, 0.1) is 5.41 Å². The average molecular weight is 295 g/mol. The van der Waals surface area contributed by atoms with Crippen LogP contribution < -0.4 is 4.74 Å². The van der Waals surface area contributed by atoms with E-state index in [1.807, 2.05) is 24.3 Å². The van der Waals surface area contributed by atoms with Gasteiger partial charge in [0.25, 0.3) is 5.92 Å². The Morgan fingerprint density at radius 3 is 2.48 bits per heavy atom. The Labute approximate surface area is 122 Å². The summed E-state index contributed by atoms with van der Waals surface area (Å²) in [6.07, 6.45) is 1.08. The van der Waals surface area contributed by atoms with E-state index in [4.69, 9.17) is 4.74 Å². The van der Waals surface area contributed by atoms with Gasteiger partial charge < -0.3 is 9.64 Å². The molecule has 2 fully saturated rings. The van der Waals surface area contributed by atoms with E-state index >= 15 is 0 Å². The van der Waals surface area contributed by atoms with E-state index < -0.39 is 11.3 Å². The second kappa shape index (κ2) is 4.97. The molecule has 0 N–H and O–H groups in total. The van der Waals surface area contributed by atoms with Gasteiger partial charge in [-0.25, -0.2) is 8.78 Å². The van der Waals surface area contributed by atoms with Crippen molar-refractivity contribution in [1.29, 1.82) is 0 Å². The van der Waals surface area contributed by atoms with E-state index in [-0.39, 0.29) is 18.7 Å². The van der Waals surface area contributed by atoms with Gasteiger partial charge in [-0.05, 0) is 18.9 Å². The molecule has 1 heterocycles. The molecule has 1 aliphatic carbocycles. The number of piperidine rings is 1. The Morgan fingerprint density at radius 1 is 1.29 bits per heavy atom. The number of amides is 1. The van der Waals surface area contributed by atoms with Crippen LogP contribution in [0.5, 0.6) is 5.75 Å². The topological polar surface area (TPSA) is 29.5 Å². The van der Waals surface area contributed by atoms with Crippen molar-refractivity contribution in [3.05, 3.63) is 29.8 Å². The number of rotatable bonds is 3. The Bertz CT molecular complexity index is 551. The SMILES string of the molecule is COc1ccccc1CC(=O)N1CCC2(CC1)CC2(F)F. The van der Waals surface area contributed by atoms with Gasteiger partial charge in [0.15, 0.2) is 0 Å². The van der Waals surface area contributed by atoms with Gasteiger partial charge in [-0.3, -0.25) is 4.79 Å². The van der Waals surface area contributed by atoms with Crippen molar-refractivity contribution in [1.82, 2.24) is 4.90 Å². The molecule has 1 aromatic carbocycles. The highest BCUT2D eigenvalue weighted by Gasteiger charge is 2.70. The second-order valence-electron chi connectivity index (χ2n) is 6.03. The highest BCUT2D eigenvalue weighted by Crippen LogP contribution is 2.65. The standard InChI is InChI=1S/C16H19F2NO2/c1-21-13-5-3-2-4-12(13)10-14(20)19-8-6-15(7-9-19)11-16(15,17)18/h2-5H,6-11H2,1H3. The fourth-order valence-corrected chi connectivity index (χ4v) is 3.23. The van der Waals surface area contributed by atoms with E-state index in [1.165, 1.54) is 0 Å². The largest absolute Gasteiger partial charge is 0.496 e. The summed E-state index contributed by atoms with van der Waals surface area (Å²) in [6.45, 7) is 0.868. The zero-order chi connectivity index (χ0) is 15.1. The first-order valence-electron chi connectivity index (χ1n) is 7.25. The second-order valence-corrected chi connectivity index (χ2v) is 6.03. The fraction of sp³-hybridized carbons (Fsp3) is 0.562. The number of ether oxygens (including phenoxy) is 1. The monoisotopic (exact) mass is 295 g/mol. The molecule has 0 radical (unpaired) electrons. The maximum atomic E-state index is 13.3. The van der Waals surface area contributed by atoms with Gasteiger partial charge in [-0.1, -0.05) is 18.2 Å². The number of benzene rings is 1. The van der Waals surface area contributed by atoms with Crippen LogP contribution >= 0.6 is 0 Å². The predicted octanol–water partition coefficient (Wildman–Crippen LogP) is 2.89. The minimum atomic E-state index is -2.51. The fourth-order valence-electron chi connectivity index (χ4n) is 3.23. The summed E-state index contributed by atoms with van der Waals surface area (Å²) in [5, 5.41) is 0. The lowest BCUT2D eigenvalue weighted by molar-refractivity contribution is -0.132. The van der Waals surface area contributed by atoms with Crippen molar-refractivity contribution < 1.29 is 18.3 Å². The Kier molecular flexibility index (Phi) is 3.38. The lowest BCUT2D eigenvalue weighted by Gasteiger charge is -2.32. The molecule has 0 bridgehead atoms. The molecule has 1 saturated heterocycles. The van der Waals surface area contributed by atoms with Crippen LogP contribution in [0.25, 0.3) is 0 Å². The van der Waals surface area contributed by atoms with Crippen molar-refractivity contribution in [2.45, 2.75) is 31.6 Å². The van der Waals surface area contributed by atoms with Crippen LogP contribution in [-0.2, 0) is 11.2 Å². The van der Waals surface area contributed by atoms with Gasteiger partial charge in [0.1, 0.15) is 5.75 Å². The molecule has 1 amide bonds. The minimum Gasteiger partial charge on any atom is -0.496 e. The number of halogens is 2. The molecule has 0 atom stereocenters. The number of para-hydroxylation sites is 1. The summed E-state index contributed by atoms with van der Waals surface area (Å²) in [4.78, 5) is 14.0. The van der Waals surface area contributed by atoms with Crippen molar-refractivity contribution in [2.24, 2.45) is 5.41 Å².